The summed E-state index contributed by atoms with van der Waals surface area (Å²) in [5.41, 5.74) is 14.8. The van der Waals surface area contributed by atoms with Crippen molar-refractivity contribution >= 4 is 225 Å². The zero-order chi connectivity index (χ0) is 91.6. The van der Waals surface area contributed by atoms with Crippen LogP contribution in [0, 0.1) is 0 Å². The molecule has 6 aromatic carbocycles. The van der Waals surface area contributed by atoms with Gasteiger partial charge < -0.3 is 38.9 Å². The lowest BCUT2D eigenvalue weighted by atomic mass is 9.88. The summed E-state index contributed by atoms with van der Waals surface area (Å²) < 4.78 is 18.2. The van der Waals surface area contributed by atoms with E-state index in [-0.39, 0.29) is 71.0 Å². The van der Waals surface area contributed by atoms with Crippen molar-refractivity contribution in [2.45, 2.75) is 74.8 Å². The summed E-state index contributed by atoms with van der Waals surface area (Å²) in [5.74, 6) is 2.61. The van der Waals surface area contributed by atoms with Crippen molar-refractivity contribution in [1.29, 1.82) is 0 Å². The van der Waals surface area contributed by atoms with Crippen LogP contribution in [0.25, 0.3) is 20.2 Å². The molecule has 0 spiro atoms. The Morgan fingerprint density at radius 1 is 0.331 bits per heavy atom. The summed E-state index contributed by atoms with van der Waals surface area (Å²) in [5, 5.41) is 11.2. The predicted molar refractivity (Wildman–Crippen MR) is 549 cm³/mol. The minimum absolute atomic E-state index is 0.00689. The third kappa shape index (κ3) is 21.4. The minimum Gasteiger partial charge on any atom is -0.497 e. The molecule has 0 unspecified atom stereocenters. The van der Waals surface area contributed by atoms with Crippen LogP contribution in [-0.4, -0.2) is 118 Å². The van der Waals surface area contributed by atoms with Gasteiger partial charge in [-0.15, -0.1) is 90.7 Å². The number of nitrogens with zero attached hydrogens (tertiary/aromatic N) is 6. The van der Waals surface area contributed by atoms with Gasteiger partial charge in [-0.1, -0.05) is 215 Å². The average Bonchev–Trinajstić information content (AvgIpc) is 1.61. The molecule has 0 saturated carbocycles. The lowest BCUT2D eigenvalue weighted by Crippen LogP contribution is -2.37. The fourth-order valence-corrected chi connectivity index (χ4v) is 27.9. The van der Waals surface area contributed by atoms with E-state index >= 15 is 0 Å². The summed E-state index contributed by atoms with van der Waals surface area (Å²) >= 11 is 45.4. The molecular formula is C102H88Br2Cl4N6O8S8. The summed E-state index contributed by atoms with van der Waals surface area (Å²) in [6, 6.07) is 61.7. The number of rotatable bonds is 14. The largest absolute Gasteiger partial charge is 0.497 e. The Balaban J connectivity index is 0.000000120. The quantitative estimate of drug-likeness (QED) is 0.0980. The number of amides is 6. The molecule has 0 saturated heterocycles. The summed E-state index contributed by atoms with van der Waals surface area (Å²) in [4.78, 5) is 90.7. The van der Waals surface area contributed by atoms with E-state index in [0.29, 0.717) is 78.5 Å². The van der Waals surface area contributed by atoms with Crippen LogP contribution in [0.15, 0.2) is 288 Å². The van der Waals surface area contributed by atoms with Crippen molar-refractivity contribution < 1.29 is 38.2 Å². The van der Waals surface area contributed by atoms with Crippen LogP contribution in [0.4, 0.5) is 0 Å². The van der Waals surface area contributed by atoms with Crippen LogP contribution in [0.1, 0.15) is 132 Å². The number of ether oxygens (including phenoxy) is 2. The first kappa shape index (κ1) is 95.0. The smallest absolute Gasteiger partial charge is 0.246 e. The normalized spacial score (nSPS) is 17.3. The van der Waals surface area contributed by atoms with E-state index in [1.165, 1.54) is 142 Å². The Labute approximate surface area is 825 Å². The molecule has 664 valence electrons. The molecule has 0 aliphatic carbocycles. The molecule has 14 aromatic rings. The number of thiophene rings is 8. The SMILES string of the molecule is C=CC(=O)N1Cc2cc(Cl)sc2[C@@H](c2ccccc2Br)C1.C=CC(=O)N1Cc2cc(Cl)sc2[C@H](c2ccccc2Br)C1.C=CC(=O)N1Cc2sc(Cl)cc2[C@@H](c2csc3ccccc23)C1.C=CC(=O)N1Cc2sc(Cl)cc2[C@H](c2csc3ccccc23)C1.C=CC(=O)N1Cc2sccc2[C@@H](c2ccc(OC)cc2)C1.C=CC(=O)N1Cc2sccc2[C@H](c2ccc(OC)cc2)C1. The molecule has 130 heavy (non-hydrogen) atoms. The second-order valence-corrected chi connectivity index (χ2v) is 43.7. The molecule has 6 amide bonds. The van der Waals surface area contributed by atoms with Gasteiger partial charge in [0.05, 0.1) is 57.7 Å². The molecule has 0 fully saturated rings. The fraction of sp³-hybridized carbons (Fsp3) is 0.196. The molecule has 0 radical (unpaired) electrons. The van der Waals surface area contributed by atoms with E-state index < -0.39 is 0 Å². The Hall–Kier alpha value is -9.58. The number of fused-ring (bicyclic) bond motifs is 8. The predicted octanol–water partition coefficient (Wildman–Crippen LogP) is 27.0. The number of carbonyl (C=O) groups excluding carboxylic acids is 6. The third-order valence-corrected chi connectivity index (χ3v) is 34.3. The number of hydrogen-bond donors (Lipinski definition) is 0. The Morgan fingerprint density at radius 3 is 0.985 bits per heavy atom. The van der Waals surface area contributed by atoms with E-state index in [9.17, 15) is 28.8 Å². The van der Waals surface area contributed by atoms with Crippen LogP contribution >= 0.6 is 169 Å². The molecule has 28 heteroatoms. The maximum absolute atomic E-state index is 12.1. The molecule has 6 atom stereocenters. The third-order valence-electron chi connectivity index (χ3n) is 23.7. The monoisotopic (exact) mass is 2080 g/mol. The number of methoxy groups -OCH3 is 2. The Bertz CT molecular complexity index is 6190. The Morgan fingerprint density at radius 2 is 0.638 bits per heavy atom. The molecule has 14 heterocycles. The molecule has 14 nitrogen and oxygen atoms in total. The van der Waals surface area contributed by atoms with Gasteiger partial charge in [-0.3, -0.25) is 28.8 Å². The van der Waals surface area contributed by atoms with Gasteiger partial charge in [0, 0.05) is 135 Å². The maximum atomic E-state index is 12.1. The van der Waals surface area contributed by atoms with Crippen molar-refractivity contribution in [1.82, 2.24) is 29.4 Å². The average molecular weight is 2080 g/mol. The summed E-state index contributed by atoms with van der Waals surface area (Å²) in [7, 11) is 3.33. The highest BCUT2D eigenvalue weighted by molar-refractivity contribution is 9.10. The molecular weight excluding hydrogens is 2000 g/mol. The van der Waals surface area contributed by atoms with E-state index in [4.69, 9.17) is 55.9 Å². The molecule has 20 rings (SSSR count). The minimum atomic E-state index is -0.0416. The highest BCUT2D eigenvalue weighted by Gasteiger charge is 2.38. The standard InChI is InChI=1S/2C18H14ClNOS2.2C17H17NO2S.2C16H13BrClNOS/c2*1-2-18(21)20-8-13(12-7-17(19)23-16(12)9-20)14-10-22-15-6-4-3-5-11(14)15;2*1-3-17(19)18-10-15(14-8-9-21-16(14)11-18)12-4-6-13(20-2)7-5-12;2*1-2-15(20)19-8-10-7-14(18)21-16(10)12(9-19)11-5-3-4-6-13(11)17/h2*2-7,10,13H,1,8-9H2;2*3-9,15H,1,10-11H2,2H3;2*2-7,12H,1,8-9H2/t2*13-;2*15-;2*12-/m101010/s1. The molecule has 6 aliphatic heterocycles. The van der Waals surface area contributed by atoms with E-state index in [1.807, 2.05) is 102 Å². The fourth-order valence-electron chi connectivity index (χ4n) is 17.3. The topological polar surface area (TPSA) is 140 Å². The van der Waals surface area contributed by atoms with Crippen LogP contribution in [-0.2, 0) is 68.0 Å². The zero-order valence-corrected chi connectivity index (χ0v) is 83.5. The van der Waals surface area contributed by atoms with Crippen molar-refractivity contribution in [2.75, 3.05) is 53.5 Å². The summed E-state index contributed by atoms with van der Waals surface area (Å²) in [6.45, 7) is 29.5. The van der Waals surface area contributed by atoms with Gasteiger partial charge in [-0.05, 0) is 220 Å². The van der Waals surface area contributed by atoms with Gasteiger partial charge in [0.25, 0.3) is 0 Å². The van der Waals surface area contributed by atoms with Crippen LogP contribution in [0.3, 0.4) is 0 Å². The first-order chi connectivity index (χ1) is 63.0. The van der Waals surface area contributed by atoms with Gasteiger partial charge in [-0.25, -0.2) is 0 Å². The van der Waals surface area contributed by atoms with Crippen LogP contribution < -0.4 is 9.47 Å². The van der Waals surface area contributed by atoms with Gasteiger partial charge in [0.2, 0.25) is 35.4 Å². The Kier molecular flexibility index (Phi) is 31.7. The van der Waals surface area contributed by atoms with E-state index in [2.05, 4.69) is 202 Å². The van der Waals surface area contributed by atoms with E-state index in [1.54, 1.807) is 105 Å². The van der Waals surface area contributed by atoms with Crippen molar-refractivity contribution in [2.24, 2.45) is 0 Å². The molecule has 8 aromatic heterocycles. The first-order valence-electron chi connectivity index (χ1n) is 41.4. The van der Waals surface area contributed by atoms with Crippen molar-refractivity contribution in [3.63, 3.8) is 0 Å². The number of carbonyl (C=O) groups is 6. The number of hydrogen-bond acceptors (Lipinski definition) is 16. The van der Waals surface area contributed by atoms with E-state index in [0.717, 1.165) is 48.9 Å². The van der Waals surface area contributed by atoms with Gasteiger partial charge in [0.15, 0.2) is 0 Å². The van der Waals surface area contributed by atoms with Gasteiger partial charge in [-0.2, -0.15) is 0 Å². The molecule has 0 bridgehead atoms. The first-order valence-corrected chi connectivity index (χ1v) is 51.3. The highest BCUT2D eigenvalue weighted by Crippen LogP contribution is 2.49. The number of halogens is 6. The second-order valence-electron chi connectivity index (χ2n) is 31.2. The van der Waals surface area contributed by atoms with Gasteiger partial charge in [0.1, 0.15) is 11.5 Å². The van der Waals surface area contributed by atoms with Crippen LogP contribution in [0.2, 0.25) is 17.3 Å². The van der Waals surface area contributed by atoms with Crippen molar-refractivity contribution in [3.8, 4) is 11.5 Å². The number of benzene rings is 6. The zero-order valence-electron chi connectivity index (χ0n) is 70.8. The lowest BCUT2D eigenvalue weighted by Gasteiger charge is -2.32. The lowest BCUT2D eigenvalue weighted by molar-refractivity contribution is -0.127. The second kappa shape index (κ2) is 43.4. The highest BCUT2D eigenvalue weighted by atomic mass is 79.9. The van der Waals surface area contributed by atoms with Gasteiger partial charge >= 0.3 is 0 Å². The van der Waals surface area contributed by atoms with Crippen LogP contribution in [0.5, 0.6) is 11.5 Å². The van der Waals surface area contributed by atoms with Crippen molar-refractivity contribution in [3.05, 3.63) is 402 Å². The molecule has 6 aliphatic rings. The maximum Gasteiger partial charge on any atom is 0.246 e. The summed E-state index contributed by atoms with van der Waals surface area (Å²) in [6.07, 6.45) is 8.31. The molecule has 0 N–H and O–H groups in total.